The number of esters is 1. The van der Waals surface area contributed by atoms with Crippen LogP contribution in [0.2, 0.25) is 0 Å². The summed E-state index contributed by atoms with van der Waals surface area (Å²) in [5.41, 5.74) is 4.35. The molecule has 1 aliphatic heterocycles. The van der Waals surface area contributed by atoms with Crippen LogP contribution < -0.4 is 14.9 Å². The molecule has 0 N–H and O–H groups in total. The third-order valence-corrected chi connectivity index (χ3v) is 7.39. The normalized spacial score (nSPS) is 17.8. The molecule has 5 rings (SSSR count). The molecular formula is C24H20N2O3S2. The van der Waals surface area contributed by atoms with E-state index in [1.165, 1.54) is 28.2 Å². The lowest BCUT2D eigenvalue weighted by molar-refractivity contribution is -0.139. The number of rotatable bonds is 4. The van der Waals surface area contributed by atoms with Gasteiger partial charge in [-0.05, 0) is 54.5 Å². The number of carbonyl (C=O) groups is 1. The lowest BCUT2D eigenvalue weighted by atomic mass is 10.0. The lowest BCUT2D eigenvalue weighted by Gasteiger charge is -2.23. The first-order valence-electron chi connectivity index (χ1n) is 10.1. The van der Waals surface area contributed by atoms with Gasteiger partial charge in [0.15, 0.2) is 4.80 Å². The van der Waals surface area contributed by atoms with E-state index in [-0.39, 0.29) is 12.2 Å². The number of nitrogens with zero attached hydrogens (tertiary/aromatic N) is 2. The molecule has 0 radical (unpaired) electrons. The van der Waals surface area contributed by atoms with E-state index in [0.29, 0.717) is 20.6 Å². The van der Waals surface area contributed by atoms with Gasteiger partial charge < -0.3 is 4.74 Å². The van der Waals surface area contributed by atoms with Crippen LogP contribution in [0.5, 0.6) is 0 Å². The van der Waals surface area contributed by atoms with Crippen LogP contribution in [-0.4, -0.2) is 17.1 Å². The Kier molecular flexibility index (Phi) is 5.08. The molecular weight excluding hydrogens is 428 g/mol. The number of carbonyl (C=O) groups excluding carboxylic acids is 1. The zero-order valence-electron chi connectivity index (χ0n) is 17.1. The van der Waals surface area contributed by atoms with Crippen molar-refractivity contribution in [3.63, 3.8) is 0 Å². The third kappa shape index (κ3) is 3.34. The summed E-state index contributed by atoms with van der Waals surface area (Å²) in [6, 6.07) is 11.6. The lowest BCUT2D eigenvalue weighted by Crippen LogP contribution is -2.39. The minimum absolute atomic E-state index is 0.137. The maximum atomic E-state index is 13.5. The predicted octanol–water partition coefficient (Wildman–Crippen LogP) is 3.45. The van der Waals surface area contributed by atoms with E-state index >= 15 is 0 Å². The van der Waals surface area contributed by atoms with Crippen molar-refractivity contribution in [2.45, 2.75) is 26.3 Å². The standard InChI is InChI=1S/C24H20N2O3S2/c1-3-29-23(28)20-14(2)25-24-26(21(20)18-9-6-12-30-18)22(27)19(31-24)13-16-11-10-15-7-4-5-8-17(15)16/h4-9,11-13,21H,3,10H2,1-2H3/b19-13+. The summed E-state index contributed by atoms with van der Waals surface area (Å²) in [6.07, 6.45) is 4.96. The van der Waals surface area contributed by atoms with Crippen molar-refractivity contribution in [3.8, 4) is 0 Å². The first kappa shape index (κ1) is 19.9. The molecule has 1 unspecified atom stereocenters. The molecule has 1 atom stereocenters. The number of thiazole rings is 1. The first-order chi connectivity index (χ1) is 15.1. The Morgan fingerprint density at radius 2 is 2.13 bits per heavy atom. The minimum Gasteiger partial charge on any atom is -0.463 e. The summed E-state index contributed by atoms with van der Waals surface area (Å²) in [4.78, 5) is 32.5. The van der Waals surface area contributed by atoms with Crippen LogP contribution in [0.4, 0.5) is 0 Å². The zero-order valence-corrected chi connectivity index (χ0v) is 18.8. The summed E-state index contributed by atoms with van der Waals surface area (Å²) >= 11 is 2.88. The van der Waals surface area contributed by atoms with E-state index < -0.39 is 12.0 Å². The van der Waals surface area contributed by atoms with Gasteiger partial charge in [0.05, 0.1) is 22.4 Å². The van der Waals surface area contributed by atoms with Crippen molar-refractivity contribution in [1.82, 2.24) is 4.57 Å². The summed E-state index contributed by atoms with van der Waals surface area (Å²) < 4.78 is 7.56. The van der Waals surface area contributed by atoms with Gasteiger partial charge in [0, 0.05) is 4.88 Å². The van der Waals surface area contributed by atoms with E-state index in [4.69, 9.17) is 4.74 Å². The molecule has 5 nitrogen and oxygen atoms in total. The highest BCUT2D eigenvalue weighted by Crippen LogP contribution is 2.33. The molecule has 0 saturated carbocycles. The maximum Gasteiger partial charge on any atom is 0.338 e. The monoisotopic (exact) mass is 448 g/mol. The maximum absolute atomic E-state index is 13.5. The molecule has 3 heterocycles. The number of ether oxygens (including phenoxy) is 1. The number of hydrogen-bond acceptors (Lipinski definition) is 6. The quantitative estimate of drug-likeness (QED) is 0.575. The number of aromatic nitrogens is 1. The molecule has 1 aromatic carbocycles. The van der Waals surface area contributed by atoms with Gasteiger partial charge in [0.2, 0.25) is 0 Å². The molecule has 0 fully saturated rings. The van der Waals surface area contributed by atoms with Gasteiger partial charge in [-0.1, -0.05) is 47.7 Å². The third-order valence-electron chi connectivity index (χ3n) is 5.49. The molecule has 2 aliphatic rings. The van der Waals surface area contributed by atoms with Crippen molar-refractivity contribution in [2.24, 2.45) is 4.99 Å². The average molecular weight is 449 g/mol. The van der Waals surface area contributed by atoms with E-state index in [1.54, 1.807) is 18.4 Å². The number of benzene rings is 1. The Morgan fingerprint density at radius 3 is 2.90 bits per heavy atom. The van der Waals surface area contributed by atoms with E-state index in [0.717, 1.165) is 22.4 Å². The van der Waals surface area contributed by atoms with Crippen LogP contribution in [0, 0.1) is 0 Å². The van der Waals surface area contributed by atoms with Crippen molar-refractivity contribution in [3.05, 3.63) is 94.8 Å². The van der Waals surface area contributed by atoms with Crippen LogP contribution in [0.3, 0.4) is 0 Å². The second-order valence-electron chi connectivity index (χ2n) is 7.34. The Bertz CT molecular complexity index is 1420. The predicted molar refractivity (Wildman–Crippen MR) is 124 cm³/mol. The van der Waals surface area contributed by atoms with Gasteiger partial charge in [-0.3, -0.25) is 9.36 Å². The average Bonchev–Trinajstić information content (AvgIpc) is 3.48. The Hall–Kier alpha value is -3.03. The Labute approximate surface area is 187 Å². The van der Waals surface area contributed by atoms with Crippen LogP contribution in [0.1, 0.15) is 35.9 Å². The van der Waals surface area contributed by atoms with Gasteiger partial charge >= 0.3 is 5.97 Å². The number of allylic oxidation sites excluding steroid dienone is 3. The second kappa shape index (κ2) is 7.90. The van der Waals surface area contributed by atoms with E-state index in [9.17, 15) is 9.59 Å². The highest BCUT2D eigenvalue weighted by Gasteiger charge is 2.33. The van der Waals surface area contributed by atoms with Crippen molar-refractivity contribution >= 4 is 40.3 Å². The van der Waals surface area contributed by atoms with Crippen molar-refractivity contribution < 1.29 is 9.53 Å². The molecule has 156 valence electrons. The Morgan fingerprint density at radius 1 is 1.29 bits per heavy atom. The van der Waals surface area contributed by atoms with Crippen LogP contribution in [0.25, 0.3) is 11.6 Å². The fraction of sp³-hybridized carbons (Fsp3) is 0.208. The van der Waals surface area contributed by atoms with E-state index in [2.05, 4.69) is 23.2 Å². The SMILES string of the molecule is CCOC(=O)C1=C(C)N=c2s/c(=C/C3=CCc4ccccc43)c(=O)n2C1c1cccs1. The molecule has 7 heteroatoms. The molecule has 0 amide bonds. The molecule has 1 aliphatic carbocycles. The minimum atomic E-state index is -0.526. The largest absolute Gasteiger partial charge is 0.463 e. The summed E-state index contributed by atoms with van der Waals surface area (Å²) in [7, 11) is 0. The molecule has 2 aromatic heterocycles. The summed E-state index contributed by atoms with van der Waals surface area (Å²) in [6.45, 7) is 3.85. The molecule has 3 aromatic rings. The molecule has 31 heavy (non-hydrogen) atoms. The summed E-state index contributed by atoms with van der Waals surface area (Å²) in [5, 5.41) is 1.95. The first-order valence-corrected chi connectivity index (χ1v) is 11.8. The number of fused-ring (bicyclic) bond motifs is 2. The van der Waals surface area contributed by atoms with Crippen LogP contribution in [-0.2, 0) is 16.0 Å². The van der Waals surface area contributed by atoms with Gasteiger partial charge in [0.1, 0.15) is 6.04 Å². The van der Waals surface area contributed by atoms with Gasteiger partial charge in [0.25, 0.3) is 5.56 Å². The molecule has 0 bridgehead atoms. The number of hydrogen-bond donors (Lipinski definition) is 0. The van der Waals surface area contributed by atoms with E-state index in [1.807, 2.05) is 35.7 Å². The van der Waals surface area contributed by atoms with Crippen LogP contribution in [0.15, 0.2) is 68.9 Å². The van der Waals surface area contributed by atoms with Crippen molar-refractivity contribution in [1.29, 1.82) is 0 Å². The molecule has 0 saturated heterocycles. The number of thiophene rings is 1. The zero-order chi connectivity index (χ0) is 21.5. The van der Waals surface area contributed by atoms with Gasteiger partial charge in [-0.15, -0.1) is 11.3 Å². The Balaban J connectivity index is 1.69. The van der Waals surface area contributed by atoms with Crippen LogP contribution >= 0.6 is 22.7 Å². The van der Waals surface area contributed by atoms with Gasteiger partial charge in [-0.2, -0.15) is 0 Å². The highest BCUT2D eigenvalue weighted by atomic mass is 32.1. The fourth-order valence-electron chi connectivity index (χ4n) is 4.10. The second-order valence-corrected chi connectivity index (χ2v) is 9.33. The molecule has 0 spiro atoms. The summed E-state index contributed by atoms with van der Waals surface area (Å²) in [5.74, 6) is -0.427. The van der Waals surface area contributed by atoms with Gasteiger partial charge in [-0.25, -0.2) is 9.79 Å². The highest BCUT2D eigenvalue weighted by molar-refractivity contribution is 7.10. The fourth-order valence-corrected chi connectivity index (χ4v) is 5.96. The van der Waals surface area contributed by atoms with Crippen molar-refractivity contribution in [2.75, 3.05) is 6.61 Å². The smallest absolute Gasteiger partial charge is 0.338 e. The topological polar surface area (TPSA) is 60.7 Å².